The van der Waals surface area contributed by atoms with Gasteiger partial charge in [0.2, 0.25) is 0 Å². The normalized spacial score (nSPS) is 10.1. The maximum atomic E-state index is 9.13. The van der Waals surface area contributed by atoms with Crippen LogP contribution in [0.5, 0.6) is 5.75 Å². The molecule has 2 nitrogen and oxygen atoms in total. The number of furan rings is 1. The summed E-state index contributed by atoms with van der Waals surface area (Å²) in [6.45, 7) is 5.42. The molecular formula is C7H10O2. The Morgan fingerprint density at radius 2 is 1.67 bits per heavy atom. The van der Waals surface area contributed by atoms with Crippen LogP contribution in [0.2, 0.25) is 0 Å². The fraction of sp³-hybridized carbons (Fsp3) is 0.429. The minimum atomic E-state index is 0.285. The molecule has 0 unspecified atom stereocenters. The zero-order chi connectivity index (χ0) is 7.02. The van der Waals surface area contributed by atoms with Gasteiger partial charge >= 0.3 is 0 Å². The average Bonchev–Trinajstić information content (AvgIpc) is 1.98. The molecule has 1 heterocycles. The average molecular weight is 126 g/mol. The highest BCUT2D eigenvalue weighted by Gasteiger charge is 2.07. The lowest BCUT2D eigenvalue weighted by Crippen LogP contribution is -1.67. The molecule has 50 valence electrons. The maximum Gasteiger partial charge on any atom is 0.159 e. The number of hydrogen-bond acceptors (Lipinski definition) is 2. The molecular weight excluding hydrogens is 116 g/mol. The van der Waals surface area contributed by atoms with Crippen molar-refractivity contribution in [1.82, 2.24) is 0 Å². The largest absolute Gasteiger partial charge is 0.504 e. The number of aryl methyl sites for hydroxylation is 2. The summed E-state index contributed by atoms with van der Waals surface area (Å²) < 4.78 is 5.09. The third kappa shape index (κ3) is 0.803. The van der Waals surface area contributed by atoms with Gasteiger partial charge in [-0.25, -0.2) is 0 Å². The van der Waals surface area contributed by atoms with E-state index < -0.39 is 0 Å². The van der Waals surface area contributed by atoms with Gasteiger partial charge in [0.25, 0.3) is 0 Å². The van der Waals surface area contributed by atoms with Crippen molar-refractivity contribution in [3.05, 3.63) is 17.1 Å². The molecule has 0 fully saturated rings. The van der Waals surface area contributed by atoms with E-state index in [0.717, 1.165) is 11.3 Å². The summed E-state index contributed by atoms with van der Waals surface area (Å²) in [5, 5.41) is 9.13. The molecule has 1 rings (SSSR count). The van der Waals surface area contributed by atoms with Crippen molar-refractivity contribution in [2.45, 2.75) is 20.8 Å². The molecule has 0 aromatic carbocycles. The van der Waals surface area contributed by atoms with E-state index in [1.165, 1.54) is 0 Å². The standard InChI is InChI=1S/C7H10O2/c1-4-5(2)9-6(3)7(4)8/h8H,1-3H3. The second-order valence-corrected chi connectivity index (χ2v) is 2.19. The van der Waals surface area contributed by atoms with Crippen molar-refractivity contribution in [3.63, 3.8) is 0 Å². The van der Waals surface area contributed by atoms with Gasteiger partial charge in [0.15, 0.2) is 5.75 Å². The first-order chi connectivity index (χ1) is 4.13. The second kappa shape index (κ2) is 1.79. The predicted octanol–water partition coefficient (Wildman–Crippen LogP) is 1.91. The molecule has 1 aromatic heterocycles. The topological polar surface area (TPSA) is 33.4 Å². The van der Waals surface area contributed by atoms with Crippen LogP contribution in [0.25, 0.3) is 0 Å². The summed E-state index contributed by atoms with van der Waals surface area (Å²) >= 11 is 0. The lowest BCUT2D eigenvalue weighted by Gasteiger charge is -1.84. The monoisotopic (exact) mass is 126 g/mol. The van der Waals surface area contributed by atoms with Gasteiger partial charge in [-0.15, -0.1) is 0 Å². The Morgan fingerprint density at radius 1 is 1.11 bits per heavy atom. The first kappa shape index (κ1) is 6.20. The molecule has 0 saturated heterocycles. The molecule has 0 amide bonds. The minimum Gasteiger partial charge on any atom is -0.504 e. The first-order valence-corrected chi connectivity index (χ1v) is 2.88. The maximum absolute atomic E-state index is 9.13. The van der Waals surface area contributed by atoms with Crippen molar-refractivity contribution in [1.29, 1.82) is 0 Å². The fourth-order valence-corrected chi connectivity index (χ4v) is 0.785. The van der Waals surface area contributed by atoms with Gasteiger partial charge in [-0.3, -0.25) is 0 Å². The molecule has 0 radical (unpaired) electrons. The van der Waals surface area contributed by atoms with Crippen molar-refractivity contribution in [2.24, 2.45) is 0 Å². The highest BCUT2D eigenvalue weighted by molar-refractivity contribution is 5.35. The Morgan fingerprint density at radius 3 is 1.78 bits per heavy atom. The van der Waals surface area contributed by atoms with Gasteiger partial charge in [0.1, 0.15) is 11.5 Å². The van der Waals surface area contributed by atoms with Gasteiger partial charge in [-0.2, -0.15) is 0 Å². The highest BCUT2D eigenvalue weighted by atomic mass is 16.4. The zero-order valence-corrected chi connectivity index (χ0v) is 5.86. The van der Waals surface area contributed by atoms with Crippen molar-refractivity contribution in [2.75, 3.05) is 0 Å². The molecule has 0 bridgehead atoms. The third-order valence-electron chi connectivity index (χ3n) is 1.52. The van der Waals surface area contributed by atoms with Crippen molar-refractivity contribution >= 4 is 0 Å². The van der Waals surface area contributed by atoms with E-state index >= 15 is 0 Å². The van der Waals surface area contributed by atoms with Crippen LogP contribution in [-0.2, 0) is 0 Å². The molecule has 0 saturated carbocycles. The number of hydrogen-bond donors (Lipinski definition) is 1. The Balaban J connectivity index is 3.29. The predicted molar refractivity (Wildman–Crippen MR) is 34.6 cm³/mol. The number of rotatable bonds is 0. The lowest BCUT2D eigenvalue weighted by atomic mass is 10.2. The van der Waals surface area contributed by atoms with Crippen LogP contribution < -0.4 is 0 Å². The molecule has 9 heavy (non-hydrogen) atoms. The minimum absolute atomic E-state index is 0.285. The van der Waals surface area contributed by atoms with Gasteiger partial charge in [-0.05, 0) is 20.8 Å². The van der Waals surface area contributed by atoms with Gasteiger partial charge in [0.05, 0.1) is 0 Å². The van der Waals surface area contributed by atoms with Crippen LogP contribution in [-0.4, -0.2) is 5.11 Å². The van der Waals surface area contributed by atoms with E-state index in [2.05, 4.69) is 0 Å². The summed E-state index contributed by atoms with van der Waals surface area (Å²) in [7, 11) is 0. The van der Waals surface area contributed by atoms with Crippen LogP contribution in [0, 0.1) is 20.8 Å². The van der Waals surface area contributed by atoms with E-state index in [0.29, 0.717) is 5.76 Å². The van der Waals surface area contributed by atoms with E-state index in [1.54, 1.807) is 6.92 Å². The first-order valence-electron chi connectivity index (χ1n) is 2.88. The second-order valence-electron chi connectivity index (χ2n) is 2.19. The summed E-state index contributed by atoms with van der Waals surface area (Å²) in [5.74, 6) is 1.68. The summed E-state index contributed by atoms with van der Waals surface area (Å²) in [4.78, 5) is 0. The molecule has 1 N–H and O–H groups in total. The Kier molecular flexibility index (Phi) is 1.24. The van der Waals surface area contributed by atoms with E-state index in [4.69, 9.17) is 9.52 Å². The quantitative estimate of drug-likeness (QED) is 0.576. The third-order valence-corrected chi connectivity index (χ3v) is 1.52. The van der Waals surface area contributed by atoms with Gasteiger partial charge in [0, 0.05) is 5.56 Å². The van der Waals surface area contributed by atoms with E-state index in [9.17, 15) is 0 Å². The Bertz CT molecular complexity index is 201. The summed E-state index contributed by atoms with van der Waals surface area (Å²) in [6, 6.07) is 0. The summed E-state index contributed by atoms with van der Waals surface area (Å²) in [6.07, 6.45) is 0. The lowest BCUT2D eigenvalue weighted by molar-refractivity contribution is 0.437. The zero-order valence-electron chi connectivity index (χ0n) is 5.86. The molecule has 2 heteroatoms. The molecule has 0 aliphatic heterocycles. The van der Waals surface area contributed by atoms with Crippen molar-refractivity contribution in [3.8, 4) is 5.75 Å². The van der Waals surface area contributed by atoms with Gasteiger partial charge in [-0.1, -0.05) is 0 Å². The van der Waals surface area contributed by atoms with E-state index in [1.807, 2.05) is 13.8 Å². The van der Waals surface area contributed by atoms with Crippen LogP contribution >= 0.6 is 0 Å². The van der Waals surface area contributed by atoms with Crippen molar-refractivity contribution < 1.29 is 9.52 Å². The highest BCUT2D eigenvalue weighted by Crippen LogP contribution is 2.26. The Hall–Kier alpha value is -0.920. The van der Waals surface area contributed by atoms with Crippen LogP contribution in [0.4, 0.5) is 0 Å². The molecule has 0 spiro atoms. The SMILES string of the molecule is Cc1oc(C)c(O)c1C. The molecule has 0 aliphatic rings. The molecule has 0 aliphatic carbocycles. The van der Waals surface area contributed by atoms with E-state index in [-0.39, 0.29) is 5.75 Å². The molecule has 1 aromatic rings. The number of aromatic hydroxyl groups is 1. The smallest absolute Gasteiger partial charge is 0.159 e. The molecule has 0 atom stereocenters. The van der Waals surface area contributed by atoms with Crippen LogP contribution in [0.15, 0.2) is 4.42 Å². The van der Waals surface area contributed by atoms with Crippen LogP contribution in [0.1, 0.15) is 17.1 Å². The fourth-order valence-electron chi connectivity index (χ4n) is 0.785. The van der Waals surface area contributed by atoms with Crippen LogP contribution in [0.3, 0.4) is 0 Å². The summed E-state index contributed by atoms with van der Waals surface area (Å²) in [5.41, 5.74) is 0.840. The Labute approximate surface area is 54.1 Å². The van der Waals surface area contributed by atoms with Gasteiger partial charge < -0.3 is 9.52 Å².